The van der Waals surface area contributed by atoms with E-state index in [2.05, 4.69) is 23.5 Å². The molecular formula is C23H20N2O2S. The van der Waals surface area contributed by atoms with Gasteiger partial charge in [0.05, 0.1) is 11.6 Å². The van der Waals surface area contributed by atoms with Crippen molar-refractivity contribution in [3.63, 3.8) is 0 Å². The Kier molecular flexibility index (Phi) is 7.11. The molecule has 0 aliphatic rings. The molecule has 0 atom stereocenters. The number of nitrogens with zero attached hydrogens (tertiary/aromatic N) is 1. The molecule has 0 spiro atoms. The number of benzene rings is 3. The summed E-state index contributed by atoms with van der Waals surface area (Å²) in [6.07, 6.45) is 0. The van der Waals surface area contributed by atoms with E-state index >= 15 is 0 Å². The smallest absolute Gasteiger partial charge is 0.251 e. The molecule has 0 saturated heterocycles. The Labute approximate surface area is 169 Å². The Balaban J connectivity index is 1.51. The fourth-order valence-corrected chi connectivity index (χ4v) is 3.39. The molecule has 140 valence electrons. The number of thioether (sulfide) groups is 1. The van der Waals surface area contributed by atoms with Crippen LogP contribution in [-0.4, -0.2) is 18.2 Å². The quantitative estimate of drug-likeness (QED) is 0.450. The second-order valence-electron chi connectivity index (χ2n) is 6.00. The summed E-state index contributed by atoms with van der Waals surface area (Å²) in [6.45, 7) is 0.863. The molecule has 1 amide bonds. The molecule has 3 aromatic rings. The van der Waals surface area contributed by atoms with Crippen LogP contribution in [0.2, 0.25) is 0 Å². The number of carbonyl (C=O) groups is 1. The van der Waals surface area contributed by atoms with E-state index < -0.39 is 0 Å². The summed E-state index contributed by atoms with van der Waals surface area (Å²) in [4.78, 5) is 13.5. The third-order valence-corrected chi connectivity index (χ3v) is 5.04. The third-order valence-electron chi connectivity index (χ3n) is 4.03. The summed E-state index contributed by atoms with van der Waals surface area (Å²) in [5.41, 5.74) is 1.96. The molecule has 0 aromatic heterocycles. The fourth-order valence-electron chi connectivity index (χ4n) is 2.60. The van der Waals surface area contributed by atoms with E-state index in [1.165, 1.54) is 4.90 Å². The highest BCUT2D eigenvalue weighted by atomic mass is 32.2. The van der Waals surface area contributed by atoms with Crippen LogP contribution in [0.3, 0.4) is 0 Å². The van der Waals surface area contributed by atoms with Crippen LogP contribution in [0.25, 0.3) is 0 Å². The predicted molar refractivity (Wildman–Crippen MR) is 111 cm³/mol. The van der Waals surface area contributed by atoms with Crippen molar-refractivity contribution in [3.8, 4) is 11.8 Å². The summed E-state index contributed by atoms with van der Waals surface area (Å²) in [5.74, 6) is 1.27. The summed E-state index contributed by atoms with van der Waals surface area (Å²) >= 11 is 1.70. The molecule has 0 aliphatic carbocycles. The first-order valence-corrected chi connectivity index (χ1v) is 9.92. The van der Waals surface area contributed by atoms with E-state index in [0.29, 0.717) is 23.4 Å². The number of hydrogen-bond acceptors (Lipinski definition) is 4. The molecule has 28 heavy (non-hydrogen) atoms. The van der Waals surface area contributed by atoms with E-state index in [1.54, 1.807) is 42.1 Å². The first-order valence-electron chi connectivity index (χ1n) is 8.93. The average Bonchev–Trinajstić information content (AvgIpc) is 2.76. The van der Waals surface area contributed by atoms with Crippen LogP contribution < -0.4 is 10.1 Å². The Morgan fingerprint density at radius 1 is 1.00 bits per heavy atom. The summed E-state index contributed by atoms with van der Waals surface area (Å²) in [5, 5.41) is 12.1. The van der Waals surface area contributed by atoms with Crippen LogP contribution in [0.15, 0.2) is 83.8 Å². The second-order valence-corrected chi connectivity index (χ2v) is 7.17. The van der Waals surface area contributed by atoms with Crippen molar-refractivity contribution in [1.82, 2.24) is 5.32 Å². The van der Waals surface area contributed by atoms with Crippen LogP contribution in [-0.2, 0) is 6.61 Å². The molecule has 0 unspecified atom stereocenters. The van der Waals surface area contributed by atoms with E-state index in [0.717, 1.165) is 11.3 Å². The number of ether oxygens (including phenoxy) is 1. The number of nitrogens with one attached hydrogen (secondary N) is 1. The monoisotopic (exact) mass is 388 g/mol. The molecule has 0 fully saturated rings. The highest BCUT2D eigenvalue weighted by molar-refractivity contribution is 7.99. The third kappa shape index (κ3) is 5.63. The average molecular weight is 388 g/mol. The summed E-state index contributed by atoms with van der Waals surface area (Å²) in [7, 11) is 0. The van der Waals surface area contributed by atoms with Crippen molar-refractivity contribution >= 4 is 17.7 Å². The van der Waals surface area contributed by atoms with E-state index in [4.69, 9.17) is 10.00 Å². The number of rotatable bonds is 8. The minimum atomic E-state index is -0.128. The van der Waals surface area contributed by atoms with E-state index in [-0.39, 0.29) is 12.5 Å². The van der Waals surface area contributed by atoms with Crippen molar-refractivity contribution < 1.29 is 9.53 Å². The fraction of sp³-hybridized carbons (Fsp3) is 0.130. The SMILES string of the molecule is N#Cc1ccccc1COc1cccc(C(=O)NCCSc2ccccc2)c1. The van der Waals surface area contributed by atoms with Crippen LogP contribution in [0.4, 0.5) is 0 Å². The highest BCUT2D eigenvalue weighted by Crippen LogP contribution is 2.18. The van der Waals surface area contributed by atoms with Gasteiger partial charge in [-0.3, -0.25) is 4.79 Å². The first-order chi connectivity index (χ1) is 13.8. The Morgan fingerprint density at radius 2 is 1.79 bits per heavy atom. The van der Waals surface area contributed by atoms with Gasteiger partial charge in [-0.05, 0) is 36.4 Å². The topological polar surface area (TPSA) is 62.1 Å². The van der Waals surface area contributed by atoms with Crippen LogP contribution >= 0.6 is 11.8 Å². The lowest BCUT2D eigenvalue weighted by Gasteiger charge is -2.10. The zero-order valence-corrected chi connectivity index (χ0v) is 16.1. The van der Waals surface area contributed by atoms with Gasteiger partial charge in [-0.15, -0.1) is 11.8 Å². The maximum Gasteiger partial charge on any atom is 0.251 e. The maximum atomic E-state index is 12.4. The standard InChI is InChI=1S/C23H20N2O2S/c24-16-19-7-4-5-8-20(19)17-27-21-10-6-9-18(15-21)23(26)25-13-14-28-22-11-2-1-3-12-22/h1-12,15H,13-14,17H2,(H,25,26). The van der Waals surface area contributed by atoms with Gasteiger partial charge in [0.1, 0.15) is 12.4 Å². The molecule has 3 aromatic carbocycles. The van der Waals surface area contributed by atoms with Gasteiger partial charge in [-0.2, -0.15) is 5.26 Å². The van der Waals surface area contributed by atoms with Crippen LogP contribution in [0, 0.1) is 11.3 Å². The number of carbonyl (C=O) groups excluding carboxylic acids is 1. The molecular weight excluding hydrogens is 368 g/mol. The lowest BCUT2D eigenvalue weighted by atomic mass is 10.1. The number of hydrogen-bond donors (Lipinski definition) is 1. The van der Waals surface area contributed by atoms with Gasteiger partial charge < -0.3 is 10.1 Å². The Bertz CT molecular complexity index is 968. The lowest BCUT2D eigenvalue weighted by molar-refractivity contribution is 0.0955. The molecule has 0 radical (unpaired) electrons. The number of nitriles is 1. The van der Waals surface area contributed by atoms with Gasteiger partial charge >= 0.3 is 0 Å². The molecule has 4 nitrogen and oxygen atoms in total. The van der Waals surface area contributed by atoms with Crippen molar-refractivity contribution in [2.75, 3.05) is 12.3 Å². The normalized spacial score (nSPS) is 10.1. The minimum Gasteiger partial charge on any atom is -0.489 e. The Hall–Kier alpha value is -3.23. The molecule has 0 heterocycles. The van der Waals surface area contributed by atoms with Gasteiger partial charge in [0.2, 0.25) is 0 Å². The van der Waals surface area contributed by atoms with Gasteiger partial charge in [-0.1, -0.05) is 42.5 Å². The second kappa shape index (κ2) is 10.2. The molecule has 3 rings (SSSR count). The zero-order valence-electron chi connectivity index (χ0n) is 15.3. The zero-order chi connectivity index (χ0) is 19.6. The van der Waals surface area contributed by atoms with Crippen LogP contribution in [0.1, 0.15) is 21.5 Å². The molecule has 5 heteroatoms. The molecule has 0 aliphatic heterocycles. The lowest BCUT2D eigenvalue weighted by Crippen LogP contribution is -2.25. The predicted octanol–water partition coefficient (Wildman–Crippen LogP) is 4.66. The van der Waals surface area contributed by atoms with Crippen molar-refractivity contribution in [3.05, 3.63) is 95.6 Å². The Morgan fingerprint density at radius 3 is 2.61 bits per heavy atom. The van der Waals surface area contributed by atoms with E-state index in [1.807, 2.05) is 36.4 Å². The van der Waals surface area contributed by atoms with Gasteiger partial charge in [0, 0.05) is 28.3 Å². The maximum absolute atomic E-state index is 12.4. The summed E-state index contributed by atoms with van der Waals surface area (Å²) < 4.78 is 5.77. The highest BCUT2D eigenvalue weighted by Gasteiger charge is 2.07. The minimum absolute atomic E-state index is 0.128. The van der Waals surface area contributed by atoms with Crippen molar-refractivity contribution in [1.29, 1.82) is 5.26 Å². The van der Waals surface area contributed by atoms with Crippen molar-refractivity contribution in [2.45, 2.75) is 11.5 Å². The van der Waals surface area contributed by atoms with Gasteiger partial charge in [-0.25, -0.2) is 0 Å². The molecule has 0 bridgehead atoms. The first kappa shape index (κ1) is 19.5. The van der Waals surface area contributed by atoms with Gasteiger partial charge in [0.25, 0.3) is 5.91 Å². The molecule has 0 saturated carbocycles. The summed E-state index contributed by atoms with van der Waals surface area (Å²) in [6, 6.07) is 26.6. The van der Waals surface area contributed by atoms with E-state index in [9.17, 15) is 4.79 Å². The largest absolute Gasteiger partial charge is 0.489 e. The van der Waals surface area contributed by atoms with Gasteiger partial charge in [0.15, 0.2) is 0 Å². The molecule has 1 N–H and O–H groups in total. The van der Waals surface area contributed by atoms with Crippen LogP contribution in [0.5, 0.6) is 5.75 Å². The van der Waals surface area contributed by atoms with Crippen molar-refractivity contribution in [2.24, 2.45) is 0 Å². The number of amides is 1.